The first-order chi connectivity index (χ1) is 18.9. The molecule has 200 valence electrons. The fraction of sp³-hybridized carbons (Fsp3) is 0.222. The summed E-state index contributed by atoms with van der Waals surface area (Å²) >= 11 is 1.51. The molecular formula is C27H24N4O7S. The number of nitrogens with zero attached hydrogens (tertiary/aromatic N) is 3. The van der Waals surface area contributed by atoms with Gasteiger partial charge in [-0.3, -0.25) is 24.3 Å². The van der Waals surface area contributed by atoms with E-state index >= 15 is 0 Å². The lowest BCUT2D eigenvalue weighted by Gasteiger charge is -2.22. The van der Waals surface area contributed by atoms with Crippen molar-refractivity contribution < 1.29 is 23.8 Å². The highest BCUT2D eigenvalue weighted by molar-refractivity contribution is 7.12. The molecule has 0 spiro atoms. The predicted octanol–water partition coefficient (Wildman–Crippen LogP) is 2.69. The number of thiophene rings is 1. The number of hydrazone groups is 1. The zero-order chi connectivity index (χ0) is 27.5. The topological polar surface area (TPSA) is 132 Å². The second-order valence-corrected chi connectivity index (χ2v) is 9.58. The predicted molar refractivity (Wildman–Crippen MR) is 144 cm³/mol. The van der Waals surface area contributed by atoms with Crippen LogP contribution in [-0.2, 0) is 20.9 Å². The third-order valence-electron chi connectivity index (χ3n) is 6.29. The van der Waals surface area contributed by atoms with Crippen LogP contribution in [0.15, 0.2) is 74.7 Å². The molecule has 2 aromatic heterocycles. The summed E-state index contributed by atoms with van der Waals surface area (Å²) in [5.41, 5.74) is 0.429. The minimum absolute atomic E-state index is 0.176. The number of nitrogens with one attached hydrogen (secondary N) is 1. The summed E-state index contributed by atoms with van der Waals surface area (Å²) in [5.74, 6) is -0.351. The van der Waals surface area contributed by atoms with Crippen LogP contribution in [0, 0.1) is 0 Å². The van der Waals surface area contributed by atoms with Crippen LogP contribution >= 0.6 is 11.3 Å². The van der Waals surface area contributed by atoms with E-state index in [9.17, 15) is 19.2 Å². The van der Waals surface area contributed by atoms with E-state index in [0.717, 1.165) is 20.8 Å². The number of aromatic amines is 1. The zero-order valence-corrected chi connectivity index (χ0v) is 21.9. The number of amides is 1. The van der Waals surface area contributed by atoms with Gasteiger partial charge in [0.1, 0.15) is 6.54 Å². The molecule has 0 saturated heterocycles. The Balaban J connectivity index is 1.34. The summed E-state index contributed by atoms with van der Waals surface area (Å²) in [4.78, 5) is 51.7. The molecule has 1 aliphatic rings. The second kappa shape index (κ2) is 11.0. The van der Waals surface area contributed by atoms with Gasteiger partial charge in [-0.1, -0.05) is 24.3 Å². The molecular weight excluding hydrogens is 524 g/mol. The number of ether oxygens (including phenoxy) is 3. The molecule has 11 nitrogen and oxygen atoms in total. The molecule has 1 atom stereocenters. The number of benzene rings is 2. The number of methoxy groups -OCH3 is 2. The van der Waals surface area contributed by atoms with Crippen molar-refractivity contribution in [3.63, 3.8) is 0 Å². The number of carbonyl (C=O) groups is 2. The van der Waals surface area contributed by atoms with Crippen molar-refractivity contribution in [2.75, 3.05) is 20.8 Å². The first-order valence-electron chi connectivity index (χ1n) is 11.9. The van der Waals surface area contributed by atoms with Crippen LogP contribution in [-0.4, -0.2) is 53.2 Å². The molecule has 1 unspecified atom stereocenters. The van der Waals surface area contributed by atoms with Gasteiger partial charge in [0.05, 0.1) is 41.6 Å². The number of H-pyrrole nitrogens is 1. The molecule has 0 aliphatic carbocycles. The minimum atomic E-state index is -0.860. The zero-order valence-electron chi connectivity index (χ0n) is 21.1. The van der Waals surface area contributed by atoms with Crippen LogP contribution in [0.3, 0.4) is 0 Å². The van der Waals surface area contributed by atoms with E-state index in [1.807, 2.05) is 23.6 Å². The van der Waals surface area contributed by atoms with Gasteiger partial charge in [0.15, 0.2) is 18.1 Å². The normalized spacial score (nSPS) is 14.8. The summed E-state index contributed by atoms with van der Waals surface area (Å²) < 4.78 is 16.8. The summed E-state index contributed by atoms with van der Waals surface area (Å²) in [6, 6.07) is 15.0. The maximum atomic E-state index is 13.2. The van der Waals surface area contributed by atoms with Gasteiger partial charge in [-0.2, -0.15) is 5.10 Å². The highest BCUT2D eigenvalue weighted by Crippen LogP contribution is 2.37. The van der Waals surface area contributed by atoms with Crippen molar-refractivity contribution in [2.45, 2.75) is 19.0 Å². The van der Waals surface area contributed by atoms with Gasteiger partial charge in [-0.15, -0.1) is 11.3 Å². The Morgan fingerprint density at radius 2 is 1.79 bits per heavy atom. The van der Waals surface area contributed by atoms with E-state index in [-0.39, 0.29) is 10.8 Å². The molecule has 1 aliphatic heterocycles. The SMILES string of the molecule is COc1ccc(C2CC(c3cccs3)=NN2C(=O)COC(=O)Cn2[nH]c(=O)c3ccccc3c2=O)cc1OC. The highest BCUT2D eigenvalue weighted by atomic mass is 32.1. The Morgan fingerprint density at radius 1 is 1.03 bits per heavy atom. The van der Waals surface area contributed by atoms with Gasteiger partial charge in [0, 0.05) is 6.42 Å². The van der Waals surface area contributed by atoms with Crippen LogP contribution in [0.25, 0.3) is 10.8 Å². The van der Waals surface area contributed by atoms with Gasteiger partial charge in [0.25, 0.3) is 17.0 Å². The quantitative estimate of drug-likeness (QED) is 0.335. The van der Waals surface area contributed by atoms with Crippen molar-refractivity contribution in [3.05, 3.63) is 91.1 Å². The number of fused-ring (bicyclic) bond motifs is 1. The smallest absolute Gasteiger partial charge is 0.328 e. The summed E-state index contributed by atoms with van der Waals surface area (Å²) in [7, 11) is 3.07. The van der Waals surface area contributed by atoms with Gasteiger partial charge < -0.3 is 14.2 Å². The molecule has 1 amide bonds. The molecule has 2 aromatic carbocycles. The maximum absolute atomic E-state index is 13.2. The van der Waals surface area contributed by atoms with Crippen molar-refractivity contribution in [3.8, 4) is 11.5 Å². The first-order valence-corrected chi connectivity index (χ1v) is 12.8. The Morgan fingerprint density at radius 3 is 2.51 bits per heavy atom. The lowest BCUT2D eigenvalue weighted by molar-refractivity contribution is -0.153. The number of rotatable bonds is 8. The van der Waals surface area contributed by atoms with Crippen molar-refractivity contribution >= 4 is 39.7 Å². The van der Waals surface area contributed by atoms with Crippen molar-refractivity contribution in [2.24, 2.45) is 5.10 Å². The number of esters is 1. The van der Waals surface area contributed by atoms with Gasteiger partial charge in [0.2, 0.25) is 0 Å². The van der Waals surface area contributed by atoms with Crippen LogP contribution in [0.1, 0.15) is 22.9 Å². The highest BCUT2D eigenvalue weighted by Gasteiger charge is 2.34. The fourth-order valence-electron chi connectivity index (χ4n) is 4.39. The monoisotopic (exact) mass is 548 g/mol. The maximum Gasteiger partial charge on any atom is 0.328 e. The van der Waals surface area contributed by atoms with E-state index in [0.29, 0.717) is 17.9 Å². The van der Waals surface area contributed by atoms with Crippen LogP contribution < -0.4 is 20.6 Å². The van der Waals surface area contributed by atoms with Crippen LogP contribution in [0.5, 0.6) is 11.5 Å². The largest absolute Gasteiger partial charge is 0.493 e. The minimum Gasteiger partial charge on any atom is -0.493 e. The van der Waals surface area contributed by atoms with E-state index in [1.165, 1.54) is 42.7 Å². The number of hydrogen-bond acceptors (Lipinski definition) is 9. The van der Waals surface area contributed by atoms with Gasteiger partial charge >= 0.3 is 5.97 Å². The molecule has 0 saturated carbocycles. The third-order valence-corrected chi connectivity index (χ3v) is 7.21. The molecule has 5 rings (SSSR count). The second-order valence-electron chi connectivity index (χ2n) is 8.64. The van der Waals surface area contributed by atoms with Crippen molar-refractivity contribution in [1.82, 2.24) is 14.8 Å². The summed E-state index contributed by atoms with van der Waals surface area (Å²) in [5, 5.41) is 10.5. The number of hydrogen-bond donors (Lipinski definition) is 1. The number of aromatic nitrogens is 2. The third kappa shape index (κ3) is 5.18. The Kier molecular flexibility index (Phi) is 7.28. The van der Waals surface area contributed by atoms with Crippen LogP contribution in [0.4, 0.5) is 0 Å². The van der Waals surface area contributed by atoms with E-state index in [1.54, 1.807) is 24.3 Å². The van der Waals surface area contributed by atoms with Gasteiger partial charge in [-0.25, -0.2) is 9.69 Å². The molecule has 4 aromatic rings. The van der Waals surface area contributed by atoms with E-state index < -0.39 is 42.2 Å². The average molecular weight is 549 g/mol. The van der Waals surface area contributed by atoms with E-state index in [2.05, 4.69) is 10.2 Å². The molecule has 0 bridgehead atoms. The summed E-state index contributed by atoms with van der Waals surface area (Å²) in [6.07, 6.45) is 0.448. The first kappa shape index (κ1) is 25.9. The Hall–Kier alpha value is -4.71. The van der Waals surface area contributed by atoms with Gasteiger partial charge in [-0.05, 0) is 41.3 Å². The molecule has 12 heteroatoms. The standard InChI is InChI=1S/C27H24N4O7S/c1-36-21-10-9-16(12-22(21)37-2)20-13-19(23-8-5-11-39-23)28-31(20)24(32)15-38-25(33)14-30-27(35)18-7-4-3-6-17(18)26(34)29-30/h3-12,20H,13-15H2,1-2H3,(H,29,34). The Bertz CT molecular complexity index is 1690. The lowest BCUT2D eigenvalue weighted by atomic mass is 10.0. The summed E-state index contributed by atoms with van der Waals surface area (Å²) in [6.45, 7) is -1.16. The molecule has 39 heavy (non-hydrogen) atoms. The molecule has 0 fully saturated rings. The van der Waals surface area contributed by atoms with E-state index in [4.69, 9.17) is 14.2 Å². The molecule has 1 N–H and O–H groups in total. The Labute approximate surface area is 225 Å². The molecule has 3 heterocycles. The average Bonchev–Trinajstić information content (AvgIpc) is 3.65. The lowest BCUT2D eigenvalue weighted by Crippen LogP contribution is -2.35. The fourth-order valence-corrected chi connectivity index (χ4v) is 5.11. The van der Waals surface area contributed by atoms with Crippen LogP contribution in [0.2, 0.25) is 0 Å². The number of carbonyl (C=O) groups excluding carboxylic acids is 2. The van der Waals surface area contributed by atoms with Crippen molar-refractivity contribution in [1.29, 1.82) is 0 Å². The molecule has 0 radical (unpaired) electrons.